The molecule has 2 aromatic heterocycles. The zero-order valence-electron chi connectivity index (χ0n) is 14.3. The van der Waals surface area contributed by atoms with Gasteiger partial charge in [0.05, 0.1) is 17.6 Å². The van der Waals surface area contributed by atoms with Gasteiger partial charge in [-0.1, -0.05) is 12.1 Å². The monoisotopic (exact) mass is 341 g/mol. The van der Waals surface area contributed by atoms with Gasteiger partial charge in [0.15, 0.2) is 0 Å². The lowest BCUT2D eigenvalue weighted by molar-refractivity contribution is -0.131. The molecular weight excluding hydrogens is 322 g/mol. The minimum atomic E-state index is -0.600. The first kappa shape index (κ1) is 16.7. The highest BCUT2D eigenvalue weighted by Gasteiger charge is 2.14. The molecule has 3 aromatic rings. The first-order chi connectivity index (χ1) is 11.8. The molecule has 0 saturated heterocycles. The quantitative estimate of drug-likeness (QED) is 0.728. The molecule has 1 amide bonds. The summed E-state index contributed by atoms with van der Waals surface area (Å²) in [5.41, 5.74) is 2.19. The SMILES string of the molecule is Cc1cn(CC(=O)N(C)Cc2nc3c(C)cccc3[nH]2)c(=O)[nH]c1=O. The summed E-state index contributed by atoms with van der Waals surface area (Å²) in [6, 6.07) is 5.86. The number of nitrogens with one attached hydrogen (secondary N) is 2. The number of hydrogen-bond donors (Lipinski definition) is 2. The molecule has 130 valence electrons. The van der Waals surface area contributed by atoms with Crippen LogP contribution in [-0.4, -0.2) is 37.4 Å². The predicted molar refractivity (Wildman–Crippen MR) is 93.4 cm³/mol. The number of likely N-dealkylation sites (N-methyl/N-ethyl adjacent to an activating group) is 1. The van der Waals surface area contributed by atoms with E-state index < -0.39 is 11.2 Å². The van der Waals surface area contributed by atoms with Crippen LogP contribution in [0.1, 0.15) is 17.0 Å². The average Bonchev–Trinajstić information content (AvgIpc) is 2.96. The van der Waals surface area contributed by atoms with E-state index in [-0.39, 0.29) is 12.5 Å². The van der Waals surface area contributed by atoms with Gasteiger partial charge in [-0.25, -0.2) is 9.78 Å². The van der Waals surface area contributed by atoms with Crippen molar-refractivity contribution in [2.75, 3.05) is 7.05 Å². The average molecular weight is 341 g/mol. The van der Waals surface area contributed by atoms with Gasteiger partial charge in [-0.2, -0.15) is 0 Å². The number of amides is 1. The van der Waals surface area contributed by atoms with Crippen molar-refractivity contribution >= 4 is 16.9 Å². The largest absolute Gasteiger partial charge is 0.340 e. The van der Waals surface area contributed by atoms with Crippen LogP contribution in [0.5, 0.6) is 0 Å². The number of carbonyl (C=O) groups excluding carboxylic acids is 1. The Bertz CT molecular complexity index is 1060. The van der Waals surface area contributed by atoms with Gasteiger partial charge in [0.1, 0.15) is 12.4 Å². The highest BCUT2D eigenvalue weighted by molar-refractivity contribution is 5.79. The van der Waals surface area contributed by atoms with E-state index in [0.29, 0.717) is 17.9 Å². The molecule has 0 saturated carbocycles. The van der Waals surface area contributed by atoms with Gasteiger partial charge in [-0.3, -0.25) is 19.1 Å². The molecule has 0 fully saturated rings. The van der Waals surface area contributed by atoms with Crippen molar-refractivity contribution in [3.63, 3.8) is 0 Å². The van der Waals surface area contributed by atoms with E-state index in [2.05, 4.69) is 15.0 Å². The molecule has 1 aromatic carbocycles. The maximum atomic E-state index is 12.4. The van der Waals surface area contributed by atoms with Crippen LogP contribution >= 0.6 is 0 Å². The highest BCUT2D eigenvalue weighted by Crippen LogP contribution is 2.16. The van der Waals surface area contributed by atoms with Crippen molar-refractivity contribution < 1.29 is 4.79 Å². The molecule has 0 unspecified atom stereocenters. The highest BCUT2D eigenvalue weighted by atomic mass is 16.2. The van der Waals surface area contributed by atoms with E-state index in [1.165, 1.54) is 15.7 Å². The van der Waals surface area contributed by atoms with Crippen molar-refractivity contribution in [3.05, 3.63) is 62.2 Å². The van der Waals surface area contributed by atoms with Crippen LogP contribution in [0.4, 0.5) is 0 Å². The summed E-state index contributed by atoms with van der Waals surface area (Å²) in [4.78, 5) is 46.9. The molecule has 25 heavy (non-hydrogen) atoms. The van der Waals surface area contributed by atoms with Gasteiger partial charge >= 0.3 is 5.69 Å². The predicted octanol–water partition coefficient (Wildman–Crippen LogP) is 0.688. The molecule has 0 spiro atoms. The third-order valence-electron chi connectivity index (χ3n) is 4.07. The smallest absolute Gasteiger partial charge is 0.328 e. The minimum absolute atomic E-state index is 0.147. The van der Waals surface area contributed by atoms with Crippen LogP contribution in [0.25, 0.3) is 11.0 Å². The van der Waals surface area contributed by atoms with Crippen LogP contribution in [0.15, 0.2) is 34.0 Å². The number of benzene rings is 1. The molecule has 8 heteroatoms. The Morgan fingerprint density at radius 2 is 1.96 bits per heavy atom. The van der Waals surface area contributed by atoms with Crippen molar-refractivity contribution in [2.24, 2.45) is 0 Å². The van der Waals surface area contributed by atoms with Gasteiger partial charge in [-0.15, -0.1) is 0 Å². The first-order valence-electron chi connectivity index (χ1n) is 7.83. The number of aromatic amines is 2. The van der Waals surface area contributed by atoms with Gasteiger partial charge in [0, 0.05) is 18.8 Å². The lowest BCUT2D eigenvalue weighted by atomic mass is 10.2. The second-order valence-electron chi connectivity index (χ2n) is 6.10. The van der Waals surface area contributed by atoms with E-state index in [1.807, 2.05) is 25.1 Å². The van der Waals surface area contributed by atoms with Gasteiger partial charge in [0.2, 0.25) is 5.91 Å². The summed E-state index contributed by atoms with van der Waals surface area (Å²) in [5.74, 6) is 0.413. The number of fused-ring (bicyclic) bond motifs is 1. The zero-order chi connectivity index (χ0) is 18.1. The molecule has 2 heterocycles. The Morgan fingerprint density at radius 1 is 1.20 bits per heavy atom. The zero-order valence-corrected chi connectivity index (χ0v) is 14.3. The number of nitrogens with zero attached hydrogens (tertiary/aromatic N) is 3. The lowest BCUT2D eigenvalue weighted by Gasteiger charge is -2.16. The molecule has 3 rings (SSSR count). The fraction of sp³-hybridized carbons (Fsp3) is 0.294. The normalized spacial score (nSPS) is 11.0. The van der Waals surface area contributed by atoms with Gasteiger partial charge in [-0.05, 0) is 25.5 Å². The lowest BCUT2D eigenvalue weighted by Crippen LogP contribution is -2.37. The maximum absolute atomic E-state index is 12.4. The van der Waals surface area contributed by atoms with Gasteiger partial charge < -0.3 is 9.88 Å². The fourth-order valence-corrected chi connectivity index (χ4v) is 2.62. The Kier molecular flexibility index (Phi) is 4.26. The standard InChI is InChI=1S/C17H19N5O3/c1-10-5-4-6-12-15(10)19-13(18-12)8-21(3)14(23)9-22-7-11(2)16(24)20-17(22)25/h4-7H,8-9H2,1-3H3,(H,18,19)(H,20,24,25). The third kappa shape index (κ3) is 3.37. The summed E-state index contributed by atoms with van der Waals surface area (Å²) < 4.78 is 1.19. The number of H-pyrrole nitrogens is 2. The Morgan fingerprint density at radius 3 is 2.68 bits per heavy atom. The molecule has 0 radical (unpaired) electrons. The number of aryl methyl sites for hydroxylation is 2. The molecule has 8 nitrogen and oxygen atoms in total. The van der Waals surface area contributed by atoms with E-state index in [0.717, 1.165) is 16.6 Å². The molecule has 0 atom stereocenters. The Balaban J connectivity index is 1.76. The molecule has 0 aliphatic heterocycles. The van der Waals surface area contributed by atoms with Crippen molar-refractivity contribution in [1.82, 2.24) is 24.4 Å². The Labute approximate surface area is 143 Å². The minimum Gasteiger partial charge on any atom is -0.340 e. The van der Waals surface area contributed by atoms with E-state index in [1.54, 1.807) is 14.0 Å². The van der Waals surface area contributed by atoms with Crippen molar-refractivity contribution in [1.29, 1.82) is 0 Å². The summed E-state index contributed by atoms with van der Waals surface area (Å²) in [5, 5.41) is 0. The second kappa shape index (κ2) is 6.39. The molecular formula is C17H19N5O3. The van der Waals surface area contributed by atoms with E-state index >= 15 is 0 Å². The fourth-order valence-electron chi connectivity index (χ4n) is 2.62. The number of imidazole rings is 1. The van der Waals surface area contributed by atoms with Crippen LogP contribution in [0.2, 0.25) is 0 Å². The third-order valence-corrected chi connectivity index (χ3v) is 4.07. The Hall–Kier alpha value is -3.16. The van der Waals surface area contributed by atoms with Crippen molar-refractivity contribution in [2.45, 2.75) is 26.9 Å². The van der Waals surface area contributed by atoms with Crippen LogP contribution < -0.4 is 11.2 Å². The number of aromatic nitrogens is 4. The summed E-state index contributed by atoms with van der Waals surface area (Å²) in [6.07, 6.45) is 1.39. The summed E-state index contributed by atoms with van der Waals surface area (Å²) in [6.45, 7) is 3.71. The van der Waals surface area contributed by atoms with E-state index in [4.69, 9.17) is 0 Å². The topological polar surface area (TPSA) is 104 Å². The van der Waals surface area contributed by atoms with Crippen LogP contribution in [-0.2, 0) is 17.9 Å². The number of para-hydroxylation sites is 1. The summed E-state index contributed by atoms with van der Waals surface area (Å²) >= 11 is 0. The molecule has 0 aliphatic carbocycles. The second-order valence-corrected chi connectivity index (χ2v) is 6.10. The van der Waals surface area contributed by atoms with Crippen LogP contribution in [0, 0.1) is 13.8 Å². The molecule has 0 aliphatic rings. The number of rotatable bonds is 4. The molecule has 2 N–H and O–H groups in total. The van der Waals surface area contributed by atoms with Crippen molar-refractivity contribution in [3.8, 4) is 0 Å². The van der Waals surface area contributed by atoms with Crippen LogP contribution in [0.3, 0.4) is 0 Å². The first-order valence-corrected chi connectivity index (χ1v) is 7.83. The van der Waals surface area contributed by atoms with Gasteiger partial charge in [0.25, 0.3) is 5.56 Å². The van der Waals surface area contributed by atoms with E-state index in [9.17, 15) is 14.4 Å². The molecule has 0 bridgehead atoms. The number of carbonyl (C=O) groups is 1. The number of hydrogen-bond acceptors (Lipinski definition) is 4. The summed E-state index contributed by atoms with van der Waals surface area (Å²) in [7, 11) is 1.64. The maximum Gasteiger partial charge on any atom is 0.328 e.